The van der Waals surface area contributed by atoms with Gasteiger partial charge < -0.3 is 5.32 Å². The summed E-state index contributed by atoms with van der Waals surface area (Å²) in [6.07, 6.45) is 6.53. The van der Waals surface area contributed by atoms with Gasteiger partial charge in [-0.05, 0) is 31.1 Å². The highest BCUT2D eigenvalue weighted by Crippen LogP contribution is 2.43. The van der Waals surface area contributed by atoms with E-state index in [1.807, 2.05) is 11.3 Å². The van der Waals surface area contributed by atoms with Crippen molar-refractivity contribution >= 4 is 11.3 Å². The number of nitrogens with zero attached hydrogens (tertiary/aromatic N) is 1. The lowest BCUT2D eigenvalue weighted by Crippen LogP contribution is -2.22. The Hall–Kier alpha value is -0.410. The van der Waals surface area contributed by atoms with Crippen LogP contribution in [0.2, 0.25) is 0 Å². The fourth-order valence-corrected chi connectivity index (χ4v) is 4.22. The third-order valence-electron chi connectivity index (χ3n) is 4.31. The lowest BCUT2D eigenvalue weighted by Gasteiger charge is -2.33. The van der Waals surface area contributed by atoms with Gasteiger partial charge in [-0.15, -0.1) is 11.3 Å². The molecule has 3 rings (SSSR count). The minimum absolute atomic E-state index is 0.564. The van der Waals surface area contributed by atoms with Gasteiger partial charge in [0.25, 0.3) is 0 Å². The number of aromatic nitrogens is 1. The molecule has 0 unspecified atom stereocenters. The fourth-order valence-electron chi connectivity index (χ4n) is 2.97. The van der Waals surface area contributed by atoms with Crippen molar-refractivity contribution in [3.63, 3.8) is 0 Å². The van der Waals surface area contributed by atoms with Crippen molar-refractivity contribution in [1.82, 2.24) is 10.3 Å². The van der Waals surface area contributed by atoms with E-state index in [2.05, 4.69) is 19.2 Å². The second-order valence-corrected chi connectivity index (χ2v) is 7.40. The molecule has 0 amide bonds. The number of hydrogen-bond acceptors (Lipinski definition) is 3. The molecule has 1 aromatic heterocycles. The normalized spacial score (nSPS) is 24.6. The highest BCUT2D eigenvalue weighted by Gasteiger charge is 2.30. The standard InChI is InChI=1S/C14H22N2S/c1-14(2)6-3-10(4-7-14)13-16-11-5-8-15-9-12(11)17-13/h10,15H,3-9H2,1-2H3. The van der Waals surface area contributed by atoms with Gasteiger partial charge in [0, 0.05) is 30.3 Å². The number of hydrogen-bond donors (Lipinski definition) is 1. The van der Waals surface area contributed by atoms with E-state index in [9.17, 15) is 0 Å². The summed E-state index contributed by atoms with van der Waals surface area (Å²) in [5, 5.41) is 4.87. The van der Waals surface area contributed by atoms with Crippen LogP contribution in [0.15, 0.2) is 0 Å². The molecule has 1 aromatic rings. The Bertz CT molecular complexity index is 375. The van der Waals surface area contributed by atoms with Crippen molar-refractivity contribution < 1.29 is 0 Å². The molecule has 0 bridgehead atoms. The average Bonchev–Trinajstić information content (AvgIpc) is 2.72. The highest BCUT2D eigenvalue weighted by molar-refractivity contribution is 7.11. The van der Waals surface area contributed by atoms with Gasteiger partial charge in [0.1, 0.15) is 0 Å². The summed E-state index contributed by atoms with van der Waals surface area (Å²) in [4.78, 5) is 6.40. The Morgan fingerprint density at radius 1 is 1.29 bits per heavy atom. The van der Waals surface area contributed by atoms with E-state index in [1.54, 1.807) is 0 Å². The van der Waals surface area contributed by atoms with Crippen LogP contribution in [0.25, 0.3) is 0 Å². The fraction of sp³-hybridized carbons (Fsp3) is 0.786. The van der Waals surface area contributed by atoms with Crippen LogP contribution in [0.1, 0.15) is 61.0 Å². The molecule has 0 aromatic carbocycles. The van der Waals surface area contributed by atoms with Crippen molar-refractivity contribution in [2.24, 2.45) is 5.41 Å². The van der Waals surface area contributed by atoms with Crippen LogP contribution in [0.5, 0.6) is 0 Å². The molecular formula is C14H22N2S. The predicted octanol–water partition coefficient (Wildman–Crippen LogP) is 3.47. The summed E-state index contributed by atoms with van der Waals surface area (Å²) in [6, 6.07) is 0. The third kappa shape index (κ3) is 2.41. The Morgan fingerprint density at radius 3 is 2.76 bits per heavy atom. The van der Waals surface area contributed by atoms with Crippen LogP contribution >= 0.6 is 11.3 Å². The maximum atomic E-state index is 4.90. The van der Waals surface area contributed by atoms with Crippen LogP contribution in [0, 0.1) is 5.41 Å². The second kappa shape index (κ2) is 4.36. The van der Waals surface area contributed by atoms with Gasteiger partial charge in [0.2, 0.25) is 0 Å². The number of rotatable bonds is 1. The summed E-state index contributed by atoms with van der Waals surface area (Å²) in [7, 11) is 0. The van der Waals surface area contributed by atoms with Gasteiger partial charge in [0.15, 0.2) is 0 Å². The summed E-state index contributed by atoms with van der Waals surface area (Å²) in [6.45, 7) is 6.96. The largest absolute Gasteiger partial charge is 0.311 e. The molecule has 2 aliphatic rings. The first-order chi connectivity index (χ1) is 8.14. The Kier molecular flexibility index (Phi) is 2.99. The number of fused-ring (bicyclic) bond motifs is 1. The second-order valence-electron chi connectivity index (χ2n) is 6.29. The summed E-state index contributed by atoms with van der Waals surface area (Å²) in [5.41, 5.74) is 1.95. The zero-order chi connectivity index (χ0) is 11.9. The maximum absolute atomic E-state index is 4.90. The smallest absolute Gasteiger partial charge is 0.0962 e. The molecule has 1 aliphatic carbocycles. The van der Waals surface area contributed by atoms with E-state index in [0.717, 1.165) is 25.4 Å². The van der Waals surface area contributed by atoms with E-state index in [4.69, 9.17) is 4.98 Å². The maximum Gasteiger partial charge on any atom is 0.0962 e. The molecule has 17 heavy (non-hydrogen) atoms. The summed E-state index contributed by atoms with van der Waals surface area (Å²) < 4.78 is 0. The number of thiazole rings is 1. The molecule has 2 heterocycles. The first-order valence-corrected chi connectivity index (χ1v) is 7.65. The molecule has 94 valence electrons. The van der Waals surface area contributed by atoms with Crippen molar-refractivity contribution in [3.05, 3.63) is 15.6 Å². The molecule has 2 nitrogen and oxygen atoms in total. The van der Waals surface area contributed by atoms with E-state index in [0.29, 0.717) is 5.41 Å². The van der Waals surface area contributed by atoms with Crippen molar-refractivity contribution in [2.75, 3.05) is 6.54 Å². The molecular weight excluding hydrogens is 228 g/mol. The monoisotopic (exact) mass is 250 g/mol. The van der Waals surface area contributed by atoms with Crippen LogP contribution in [0.3, 0.4) is 0 Å². The Balaban J connectivity index is 1.74. The first-order valence-electron chi connectivity index (χ1n) is 6.83. The Labute approximate surface area is 108 Å². The Morgan fingerprint density at radius 2 is 2.06 bits per heavy atom. The zero-order valence-corrected chi connectivity index (χ0v) is 11.7. The summed E-state index contributed by atoms with van der Waals surface area (Å²) >= 11 is 1.97. The molecule has 1 aliphatic heterocycles. The van der Waals surface area contributed by atoms with Gasteiger partial charge in [-0.2, -0.15) is 0 Å². The SMILES string of the molecule is CC1(C)CCC(c2nc3c(s2)CNCC3)CC1. The van der Waals surface area contributed by atoms with Gasteiger partial charge in [-0.25, -0.2) is 4.98 Å². The van der Waals surface area contributed by atoms with Gasteiger partial charge in [-0.1, -0.05) is 13.8 Å². The van der Waals surface area contributed by atoms with Crippen LogP contribution in [-0.2, 0) is 13.0 Å². The summed E-state index contributed by atoms with van der Waals surface area (Å²) in [5.74, 6) is 0.749. The highest BCUT2D eigenvalue weighted by atomic mass is 32.1. The van der Waals surface area contributed by atoms with Gasteiger partial charge in [0.05, 0.1) is 10.7 Å². The van der Waals surface area contributed by atoms with Crippen molar-refractivity contribution in [2.45, 2.75) is 58.4 Å². The zero-order valence-electron chi connectivity index (χ0n) is 10.9. The van der Waals surface area contributed by atoms with Crippen molar-refractivity contribution in [1.29, 1.82) is 0 Å². The van der Waals surface area contributed by atoms with E-state index < -0.39 is 0 Å². The van der Waals surface area contributed by atoms with E-state index in [-0.39, 0.29) is 0 Å². The van der Waals surface area contributed by atoms with Gasteiger partial charge >= 0.3 is 0 Å². The molecule has 0 atom stereocenters. The predicted molar refractivity (Wildman–Crippen MR) is 72.5 cm³/mol. The quantitative estimate of drug-likeness (QED) is 0.825. The topological polar surface area (TPSA) is 24.9 Å². The van der Waals surface area contributed by atoms with Gasteiger partial charge in [-0.3, -0.25) is 0 Å². The van der Waals surface area contributed by atoms with E-state index in [1.165, 1.54) is 41.3 Å². The lowest BCUT2D eigenvalue weighted by molar-refractivity contribution is 0.224. The van der Waals surface area contributed by atoms with Crippen LogP contribution < -0.4 is 5.32 Å². The molecule has 0 saturated heterocycles. The number of nitrogens with one attached hydrogen (secondary N) is 1. The molecule has 3 heteroatoms. The minimum atomic E-state index is 0.564. The van der Waals surface area contributed by atoms with Crippen molar-refractivity contribution in [3.8, 4) is 0 Å². The van der Waals surface area contributed by atoms with E-state index >= 15 is 0 Å². The average molecular weight is 250 g/mol. The molecule has 1 saturated carbocycles. The molecule has 1 N–H and O–H groups in total. The molecule has 0 spiro atoms. The first kappa shape index (κ1) is 11.7. The van der Waals surface area contributed by atoms with Crippen LogP contribution in [-0.4, -0.2) is 11.5 Å². The minimum Gasteiger partial charge on any atom is -0.311 e. The molecule has 1 fully saturated rings. The third-order valence-corrected chi connectivity index (χ3v) is 5.57. The van der Waals surface area contributed by atoms with Crippen LogP contribution in [0.4, 0.5) is 0 Å². The molecule has 0 radical (unpaired) electrons. The lowest BCUT2D eigenvalue weighted by atomic mass is 9.73.